The van der Waals surface area contributed by atoms with Crippen LogP contribution in [0.2, 0.25) is 0 Å². The largest absolute Gasteiger partial charge is 0.330 e. The third kappa shape index (κ3) is 3.08. The van der Waals surface area contributed by atoms with Crippen molar-refractivity contribution in [2.75, 3.05) is 5.32 Å². The second-order valence-corrected chi connectivity index (χ2v) is 4.95. The fourth-order valence-corrected chi connectivity index (χ4v) is 2.16. The maximum Gasteiger partial charge on any atom is 0.227 e. The molecule has 5 nitrogen and oxygen atoms in total. The number of anilines is 1. The summed E-state index contributed by atoms with van der Waals surface area (Å²) in [5, 5.41) is 2.80. The molecular weight excluding hydrogens is 264 g/mol. The molecule has 3 rings (SSSR count). The number of pyridine rings is 1. The van der Waals surface area contributed by atoms with Crippen LogP contribution in [0.25, 0.3) is 11.0 Å². The number of hydrogen-bond donors (Lipinski definition) is 1. The van der Waals surface area contributed by atoms with Gasteiger partial charge in [-0.3, -0.25) is 4.79 Å². The van der Waals surface area contributed by atoms with E-state index in [1.54, 1.807) is 18.6 Å². The molecule has 0 aliphatic rings. The van der Waals surface area contributed by atoms with Crippen LogP contribution in [-0.4, -0.2) is 20.4 Å². The number of imidazole rings is 1. The Bertz CT molecular complexity index is 761. The Morgan fingerprint density at radius 1 is 1.19 bits per heavy atom. The highest BCUT2D eigenvalue weighted by Crippen LogP contribution is 2.12. The molecule has 0 aliphatic heterocycles. The second-order valence-electron chi connectivity index (χ2n) is 4.95. The van der Waals surface area contributed by atoms with E-state index in [4.69, 9.17) is 0 Å². The van der Waals surface area contributed by atoms with E-state index in [1.807, 2.05) is 41.8 Å². The molecule has 0 atom stereocenters. The number of hydrogen-bond acceptors (Lipinski definition) is 3. The number of amides is 1. The Morgan fingerprint density at radius 3 is 2.86 bits per heavy atom. The van der Waals surface area contributed by atoms with Crippen molar-refractivity contribution in [2.24, 2.45) is 0 Å². The lowest BCUT2D eigenvalue weighted by Crippen LogP contribution is -2.15. The number of nitrogens with zero attached hydrogens (tertiary/aromatic N) is 3. The fourth-order valence-electron chi connectivity index (χ4n) is 2.16. The van der Waals surface area contributed by atoms with Crippen molar-refractivity contribution in [2.45, 2.75) is 19.9 Å². The third-order valence-electron chi connectivity index (χ3n) is 3.29. The van der Waals surface area contributed by atoms with E-state index in [0.717, 1.165) is 16.6 Å². The van der Waals surface area contributed by atoms with Gasteiger partial charge in [-0.25, -0.2) is 9.97 Å². The van der Waals surface area contributed by atoms with E-state index in [1.165, 1.54) is 0 Å². The molecule has 0 spiro atoms. The fraction of sp³-hybridized carbons (Fsp3) is 0.188. The standard InChI is InChI=1S/C16H16N4O/c1-12-6-7-15(17-10-12)19-16(21)8-9-20-11-18-13-4-2-3-5-14(13)20/h2-7,10-11H,8-9H2,1H3,(H,17,19,21). The summed E-state index contributed by atoms with van der Waals surface area (Å²) in [6.45, 7) is 2.56. The van der Waals surface area contributed by atoms with Crippen molar-refractivity contribution in [1.29, 1.82) is 0 Å². The zero-order valence-corrected chi connectivity index (χ0v) is 11.8. The Kier molecular flexibility index (Phi) is 3.64. The normalized spacial score (nSPS) is 10.7. The van der Waals surface area contributed by atoms with Crippen LogP contribution in [0.3, 0.4) is 0 Å². The van der Waals surface area contributed by atoms with Crippen LogP contribution < -0.4 is 5.32 Å². The molecule has 5 heteroatoms. The van der Waals surface area contributed by atoms with Crippen LogP contribution in [0.5, 0.6) is 0 Å². The SMILES string of the molecule is Cc1ccc(NC(=O)CCn2cnc3ccccc32)nc1. The molecule has 2 aromatic heterocycles. The third-order valence-corrected chi connectivity index (χ3v) is 3.29. The van der Waals surface area contributed by atoms with Crippen LogP contribution in [0, 0.1) is 6.92 Å². The first-order valence-electron chi connectivity index (χ1n) is 6.85. The van der Waals surface area contributed by atoms with Crippen molar-refractivity contribution in [3.05, 3.63) is 54.5 Å². The number of aryl methyl sites for hydroxylation is 2. The zero-order valence-electron chi connectivity index (χ0n) is 11.8. The molecule has 0 saturated carbocycles. The quantitative estimate of drug-likeness (QED) is 0.799. The predicted molar refractivity (Wildman–Crippen MR) is 82.0 cm³/mol. The molecule has 21 heavy (non-hydrogen) atoms. The molecule has 1 aromatic carbocycles. The molecule has 2 heterocycles. The lowest BCUT2D eigenvalue weighted by molar-refractivity contribution is -0.116. The van der Waals surface area contributed by atoms with E-state index in [9.17, 15) is 4.79 Å². The lowest BCUT2D eigenvalue weighted by Gasteiger charge is -2.06. The second kappa shape index (κ2) is 5.75. The van der Waals surface area contributed by atoms with Gasteiger partial charge in [-0.1, -0.05) is 18.2 Å². The molecule has 3 aromatic rings. The van der Waals surface area contributed by atoms with E-state index in [2.05, 4.69) is 15.3 Å². The summed E-state index contributed by atoms with van der Waals surface area (Å²) in [5.74, 6) is 0.533. The molecule has 106 valence electrons. The minimum atomic E-state index is -0.0517. The number of rotatable bonds is 4. The molecule has 0 aliphatic carbocycles. The van der Waals surface area contributed by atoms with Gasteiger partial charge in [0.1, 0.15) is 5.82 Å². The number of nitrogens with one attached hydrogen (secondary N) is 1. The highest BCUT2D eigenvalue weighted by Gasteiger charge is 2.06. The highest BCUT2D eigenvalue weighted by atomic mass is 16.1. The smallest absolute Gasteiger partial charge is 0.227 e. The van der Waals surface area contributed by atoms with Gasteiger partial charge in [-0.2, -0.15) is 0 Å². The van der Waals surface area contributed by atoms with Crippen molar-refractivity contribution in [1.82, 2.24) is 14.5 Å². The van der Waals surface area contributed by atoms with Gasteiger partial charge in [0.15, 0.2) is 0 Å². The van der Waals surface area contributed by atoms with Crippen molar-refractivity contribution >= 4 is 22.8 Å². The van der Waals surface area contributed by atoms with Crippen LogP contribution >= 0.6 is 0 Å². The van der Waals surface area contributed by atoms with Gasteiger partial charge in [0.05, 0.1) is 17.4 Å². The molecule has 0 bridgehead atoms. The van der Waals surface area contributed by atoms with Crippen molar-refractivity contribution in [3.8, 4) is 0 Å². The van der Waals surface area contributed by atoms with Gasteiger partial charge in [0, 0.05) is 19.2 Å². The average molecular weight is 280 g/mol. The molecule has 1 N–H and O–H groups in total. The summed E-state index contributed by atoms with van der Waals surface area (Å²) in [6.07, 6.45) is 3.89. The van der Waals surface area contributed by atoms with Gasteiger partial charge in [-0.15, -0.1) is 0 Å². The van der Waals surface area contributed by atoms with Crippen LogP contribution in [0.15, 0.2) is 48.9 Å². The lowest BCUT2D eigenvalue weighted by atomic mass is 10.3. The zero-order chi connectivity index (χ0) is 14.7. The molecule has 0 saturated heterocycles. The maximum atomic E-state index is 11.9. The topological polar surface area (TPSA) is 59.8 Å². The van der Waals surface area contributed by atoms with Crippen LogP contribution in [-0.2, 0) is 11.3 Å². The number of aromatic nitrogens is 3. The monoisotopic (exact) mass is 280 g/mol. The number of benzene rings is 1. The van der Waals surface area contributed by atoms with E-state index in [-0.39, 0.29) is 5.91 Å². The Balaban J connectivity index is 1.62. The maximum absolute atomic E-state index is 11.9. The van der Waals surface area contributed by atoms with Gasteiger partial charge < -0.3 is 9.88 Å². The number of para-hydroxylation sites is 2. The van der Waals surface area contributed by atoms with E-state index >= 15 is 0 Å². The van der Waals surface area contributed by atoms with Crippen LogP contribution in [0.1, 0.15) is 12.0 Å². The van der Waals surface area contributed by atoms with Crippen molar-refractivity contribution < 1.29 is 4.79 Å². The summed E-state index contributed by atoms with van der Waals surface area (Å²) in [4.78, 5) is 20.4. The summed E-state index contributed by atoms with van der Waals surface area (Å²) in [7, 11) is 0. The minimum Gasteiger partial charge on any atom is -0.330 e. The first-order chi connectivity index (χ1) is 10.2. The van der Waals surface area contributed by atoms with E-state index < -0.39 is 0 Å². The Labute approximate surface area is 122 Å². The first-order valence-corrected chi connectivity index (χ1v) is 6.85. The predicted octanol–water partition coefficient (Wildman–Crippen LogP) is 2.77. The molecule has 0 unspecified atom stereocenters. The molecular formula is C16H16N4O. The van der Waals surface area contributed by atoms with Gasteiger partial charge in [-0.05, 0) is 30.7 Å². The summed E-state index contributed by atoms with van der Waals surface area (Å²) < 4.78 is 1.98. The summed E-state index contributed by atoms with van der Waals surface area (Å²) in [5.41, 5.74) is 3.05. The number of fused-ring (bicyclic) bond motifs is 1. The Morgan fingerprint density at radius 2 is 2.05 bits per heavy atom. The summed E-state index contributed by atoms with van der Waals surface area (Å²) >= 11 is 0. The minimum absolute atomic E-state index is 0.0517. The van der Waals surface area contributed by atoms with Crippen LogP contribution in [0.4, 0.5) is 5.82 Å². The number of carbonyl (C=O) groups is 1. The van der Waals surface area contributed by atoms with Crippen molar-refractivity contribution in [3.63, 3.8) is 0 Å². The Hall–Kier alpha value is -2.69. The molecule has 0 fully saturated rings. The number of carbonyl (C=O) groups excluding carboxylic acids is 1. The first kappa shape index (κ1) is 13.3. The average Bonchev–Trinajstić information content (AvgIpc) is 2.91. The van der Waals surface area contributed by atoms with Gasteiger partial charge in [0.2, 0.25) is 5.91 Å². The van der Waals surface area contributed by atoms with E-state index in [0.29, 0.717) is 18.8 Å². The molecule has 1 amide bonds. The van der Waals surface area contributed by atoms with Gasteiger partial charge >= 0.3 is 0 Å². The van der Waals surface area contributed by atoms with Gasteiger partial charge in [0.25, 0.3) is 0 Å². The highest BCUT2D eigenvalue weighted by molar-refractivity contribution is 5.89. The summed E-state index contributed by atoms with van der Waals surface area (Å²) in [6, 6.07) is 11.6. The molecule has 0 radical (unpaired) electrons.